The zero-order chi connectivity index (χ0) is 35.3. The lowest BCUT2D eigenvalue weighted by Crippen LogP contribution is -2.00. The summed E-state index contributed by atoms with van der Waals surface area (Å²) in [7, 11) is 0. The topological polar surface area (TPSA) is 85.6 Å². The normalized spacial score (nSPS) is 11.0. The van der Waals surface area contributed by atoms with Gasteiger partial charge in [0.15, 0.2) is 5.69 Å². The van der Waals surface area contributed by atoms with Gasteiger partial charge in [0.2, 0.25) is 0 Å². The molecule has 2 aromatic heterocycles. The van der Waals surface area contributed by atoms with Crippen molar-refractivity contribution >= 4 is 49.3 Å². The second-order valence-corrected chi connectivity index (χ2v) is 12.6. The van der Waals surface area contributed by atoms with Crippen LogP contribution >= 0.6 is 0 Å². The van der Waals surface area contributed by atoms with E-state index >= 15 is 0 Å². The summed E-state index contributed by atoms with van der Waals surface area (Å²) >= 11 is 0. The first kappa shape index (κ1) is 30.2. The van der Waals surface area contributed by atoms with Gasteiger partial charge in [0.1, 0.15) is 0 Å². The van der Waals surface area contributed by atoms with E-state index in [9.17, 15) is 15.8 Å². The van der Waals surface area contributed by atoms with Gasteiger partial charge in [-0.1, -0.05) is 72.8 Å². The molecule has 0 N–H and O–H groups in total. The summed E-state index contributed by atoms with van der Waals surface area (Å²) in [6, 6.07) is 54.5. The molecule has 7 aromatic carbocycles. The molecular weight excluding hydrogens is 637 g/mol. The number of benzene rings is 7. The third-order valence-corrected chi connectivity index (χ3v) is 9.84. The number of nitrogens with zero attached hydrogens (tertiary/aromatic N) is 6. The van der Waals surface area contributed by atoms with Gasteiger partial charge in [-0.2, -0.15) is 15.8 Å². The van der Waals surface area contributed by atoms with E-state index in [1.807, 2.05) is 97.1 Å². The van der Waals surface area contributed by atoms with E-state index in [1.165, 1.54) is 0 Å². The minimum atomic E-state index is 0.497. The molecule has 52 heavy (non-hydrogen) atoms. The zero-order valence-electron chi connectivity index (χ0n) is 27.5. The van der Waals surface area contributed by atoms with Gasteiger partial charge in [-0.3, -0.25) is 0 Å². The van der Waals surface area contributed by atoms with Crippen molar-refractivity contribution in [2.45, 2.75) is 0 Å². The lowest BCUT2D eigenvalue weighted by Gasteiger charge is -2.18. The average Bonchev–Trinajstić information content (AvgIpc) is 3.72. The van der Waals surface area contributed by atoms with Crippen LogP contribution in [0.25, 0.3) is 82.1 Å². The van der Waals surface area contributed by atoms with Crippen molar-refractivity contribution in [2.24, 2.45) is 0 Å². The van der Waals surface area contributed by atoms with E-state index in [2.05, 4.69) is 62.5 Å². The van der Waals surface area contributed by atoms with Crippen LogP contribution in [0, 0.1) is 40.6 Å². The third-order valence-electron chi connectivity index (χ3n) is 9.84. The SMILES string of the molecule is [C-]#[N+]c1ccc2c(c1)c1cc(C#N)ccc1n2-c1ccccc1-c1cc(C#N)ccc1-c1ccc(-n2c3ccccc3c3ccccc32)cc1C#N. The summed E-state index contributed by atoms with van der Waals surface area (Å²) in [6.07, 6.45) is 0. The molecule has 0 amide bonds. The highest BCUT2D eigenvalue weighted by molar-refractivity contribution is 6.12. The molecular formula is C46H24N6. The van der Waals surface area contributed by atoms with Crippen LogP contribution in [0.4, 0.5) is 5.69 Å². The molecule has 0 fully saturated rings. The molecule has 0 radical (unpaired) electrons. The minimum Gasteiger partial charge on any atom is -0.309 e. The lowest BCUT2D eigenvalue weighted by molar-refractivity contribution is 1.18. The molecule has 0 saturated carbocycles. The van der Waals surface area contributed by atoms with Crippen molar-refractivity contribution < 1.29 is 0 Å². The summed E-state index contributed by atoms with van der Waals surface area (Å²) in [4.78, 5) is 3.67. The van der Waals surface area contributed by atoms with E-state index in [0.717, 1.165) is 77.2 Å². The number of nitriles is 3. The molecule has 2 heterocycles. The van der Waals surface area contributed by atoms with Gasteiger partial charge in [-0.25, -0.2) is 4.85 Å². The van der Waals surface area contributed by atoms with Crippen LogP contribution in [-0.2, 0) is 0 Å². The molecule has 0 saturated heterocycles. The molecule has 0 bridgehead atoms. The Morgan fingerprint density at radius 1 is 0.442 bits per heavy atom. The fourth-order valence-electron chi connectivity index (χ4n) is 7.58. The Balaban J connectivity index is 1.28. The Hall–Kier alpha value is -7.90. The molecule has 9 aromatic rings. The molecule has 0 spiro atoms. The van der Waals surface area contributed by atoms with Gasteiger partial charge in [-0.05, 0) is 89.3 Å². The number of para-hydroxylation sites is 3. The van der Waals surface area contributed by atoms with E-state index in [4.69, 9.17) is 6.57 Å². The Morgan fingerprint density at radius 2 is 1.04 bits per heavy atom. The van der Waals surface area contributed by atoms with Gasteiger partial charge in [-0.15, -0.1) is 0 Å². The molecule has 0 aliphatic carbocycles. The minimum absolute atomic E-state index is 0.497. The number of aromatic nitrogens is 2. The summed E-state index contributed by atoms with van der Waals surface area (Å²) < 4.78 is 4.35. The van der Waals surface area contributed by atoms with Crippen LogP contribution in [0.15, 0.2) is 146 Å². The highest BCUT2D eigenvalue weighted by Gasteiger charge is 2.21. The molecule has 0 aliphatic rings. The van der Waals surface area contributed by atoms with Crippen LogP contribution < -0.4 is 0 Å². The summed E-state index contributed by atoms with van der Waals surface area (Å²) in [5, 5.41) is 34.5. The summed E-state index contributed by atoms with van der Waals surface area (Å²) in [5.74, 6) is 0. The van der Waals surface area contributed by atoms with Gasteiger partial charge in [0, 0.05) is 33.0 Å². The predicted molar refractivity (Wildman–Crippen MR) is 206 cm³/mol. The highest BCUT2D eigenvalue weighted by Crippen LogP contribution is 2.42. The van der Waals surface area contributed by atoms with Gasteiger partial charge < -0.3 is 9.13 Å². The fourth-order valence-corrected chi connectivity index (χ4v) is 7.58. The molecule has 6 nitrogen and oxygen atoms in total. The van der Waals surface area contributed by atoms with Gasteiger partial charge in [0.05, 0.1) is 69.2 Å². The van der Waals surface area contributed by atoms with Crippen molar-refractivity contribution in [1.82, 2.24) is 9.13 Å². The van der Waals surface area contributed by atoms with Crippen molar-refractivity contribution in [3.63, 3.8) is 0 Å². The second-order valence-electron chi connectivity index (χ2n) is 12.6. The molecule has 9 rings (SSSR count). The first-order valence-electron chi connectivity index (χ1n) is 16.6. The van der Waals surface area contributed by atoms with Crippen LogP contribution in [0.3, 0.4) is 0 Å². The quantitative estimate of drug-likeness (QED) is 0.176. The van der Waals surface area contributed by atoms with Crippen LogP contribution in [0.5, 0.6) is 0 Å². The Labute approximate surface area is 298 Å². The third kappa shape index (κ3) is 4.54. The number of hydrogen-bond donors (Lipinski definition) is 0. The predicted octanol–water partition coefficient (Wildman–Crippen LogP) is 11.4. The number of fused-ring (bicyclic) bond motifs is 6. The first-order valence-corrected chi connectivity index (χ1v) is 16.6. The Kier molecular flexibility index (Phi) is 6.91. The Bertz CT molecular complexity index is 3010. The maximum atomic E-state index is 10.7. The maximum Gasteiger partial charge on any atom is 0.188 e. The van der Waals surface area contributed by atoms with E-state index in [0.29, 0.717) is 22.4 Å². The molecule has 0 aliphatic heterocycles. The monoisotopic (exact) mass is 660 g/mol. The van der Waals surface area contributed by atoms with Crippen LogP contribution in [0.1, 0.15) is 16.7 Å². The first-order chi connectivity index (χ1) is 25.6. The maximum absolute atomic E-state index is 10.7. The van der Waals surface area contributed by atoms with E-state index < -0.39 is 0 Å². The van der Waals surface area contributed by atoms with E-state index in [-0.39, 0.29) is 0 Å². The molecule has 0 atom stereocenters. The van der Waals surface area contributed by atoms with Crippen molar-refractivity contribution in [3.05, 3.63) is 174 Å². The highest BCUT2D eigenvalue weighted by atomic mass is 15.0. The smallest absolute Gasteiger partial charge is 0.188 e. The van der Waals surface area contributed by atoms with Crippen molar-refractivity contribution in [2.75, 3.05) is 0 Å². The lowest BCUT2D eigenvalue weighted by atomic mass is 9.89. The van der Waals surface area contributed by atoms with Gasteiger partial charge >= 0.3 is 0 Å². The second kappa shape index (κ2) is 11.9. The van der Waals surface area contributed by atoms with Crippen molar-refractivity contribution in [1.29, 1.82) is 15.8 Å². The largest absolute Gasteiger partial charge is 0.309 e. The molecule has 6 heteroatoms. The van der Waals surface area contributed by atoms with Crippen LogP contribution in [-0.4, -0.2) is 9.13 Å². The number of rotatable bonds is 4. The van der Waals surface area contributed by atoms with E-state index in [1.54, 1.807) is 18.2 Å². The van der Waals surface area contributed by atoms with Crippen molar-refractivity contribution in [3.8, 4) is 51.8 Å². The fraction of sp³-hybridized carbons (Fsp3) is 0. The summed E-state index contributed by atoms with van der Waals surface area (Å²) in [6.45, 7) is 7.64. The zero-order valence-corrected chi connectivity index (χ0v) is 27.5. The Morgan fingerprint density at radius 3 is 1.75 bits per heavy atom. The standard InChI is InChI=1S/C46H24N6/c1-50-32-16-21-46-41(25-32)40-23-30(27-48)15-20-45(40)52(46)44-13-7-4-10-38(44)39-22-29(26-47)14-18-35(39)34-19-17-33(24-31(34)28-49)51-42-11-5-2-8-36(42)37-9-3-6-12-43(37)51/h2-25H. The van der Waals surface area contributed by atoms with Gasteiger partial charge in [0.25, 0.3) is 0 Å². The molecule has 0 unspecified atom stereocenters. The average molecular weight is 661 g/mol. The molecule has 238 valence electrons. The summed E-state index contributed by atoms with van der Waals surface area (Å²) in [5.41, 5.74) is 10.9. The van der Waals surface area contributed by atoms with Crippen LogP contribution in [0.2, 0.25) is 0 Å². The number of hydrogen-bond acceptors (Lipinski definition) is 3.